The number of hydrogen-bond donors (Lipinski definition) is 0. The Morgan fingerprint density at radius 1 is 1.86 bits per heavy atom. The van der Waals surface area contributed by atoms with Gasteiger partial charge in [-0.2, -0.15) is 0 Å². The predicted octanol–water partition coefficient (Wildman–Crippen LogP) is 1.89. The monoisotopic (exact) mass is 132 g/mol. The van der Waals surface area contributed by atoms with Gasteiger partial charge in [-0.3, -0.25) is 0 Å². The molecule has 0 bridgehead atoms. The molecule has 0 N–H and O–H groups in total. The zero-order valence-electron chi connectivity index (χ0n) is 3.47. The highest BCUT2D eigenvalue weighted by atomic mass is 35.5. The largest absolute Gasteiger partial charge is 0.248 e. The van der Waals surface area contributed by atoms with Crippen LogP contribution in [0.2, 0.25) is 0 Å². The van der Waals surface area contributed by atoms with Crippen molar-refractivity contribution in [1.82, 2.24) is 4.98 Å². The predicted molar refractivity (Wildman–Crippen MR) is 31.4 cm³/mol. The average molecular weight is 133 g/mol. The van der Waals surface area contributed by atoms with Crippen molar-refractivity contribution in [2.24, 2.45) is 0 Å². The fourth-order valence-corrected chi connectivity index (χ4v) is 0.933. The Balaban J connectivity index is 2.76. The lowest BCUT2D eigenvalue weighted by Crippen LogP contribution is -1.64. The molecule has 1 radical (unpaired) electrons. The van der Waals surface area contributed by atoms with E-state index in [0.717, 1.165) is 5.01 Å². The van der Waals surface area contributed by atoms with Crippen molar-refractivity contribution in [2.45, 2.75) is 0 Å². The number of nitrogens with zero attached hydrogens (tertiary/aromatic N) is 1. The summed E-state index contributed by atoms with van der Waals surface area (Å²) in [5.41, 5.74) is 0. The molecule has 0 aliphatic heterocycles. The molecule has 0 saturated heterocycles. The van der Waals surface area contributed by atoms with E-state index in [0.29, 0.717) is 0 Å². The number of halogens is 1. The van der Waals surface area contributed by atoms with Gasteiger partial charge in [-0.1, -0.05) is 0 Å². The molecule has 0 aromatic carbocycles. The minimum atomic E-state index is 0.863. The molecule has 0 unspecified atom stereocenters. The summed E-state index contributed by atoms with van der Waals surface area (Å²) in [6, 6.07) is 0. The summed E-state index contributed by atoms with van der Waals surface area (Å²) < 4.78 is 0. The van der Waals surface area contributed by atoms with Gasteiger partial charge in [0, 0.05) is 11.6 Å². The Hall–Kier alpha value is -0.0800. The quantitative estimate of drug-likeness (QED) is 0.569. The zero-order chi connectivity index (χ0) is 5.11. The van der Waals surface area contributed by atoms with E-state index in [1.807, 2.05) is 5.38 Å². The van der Waals surface area contributed by atoms with Crippen LogP contribution in [0, 0.1) is 5.88 Å². The first-order valence-electron chi connectivity index (χ1n) is 1.76. The van der Waals surface area contributed by atoms with Crippen LogP contribution in [-0.2, 0) is 0 Å². The van der Waals surface area contributed by atoms with E-state index in [2.05, 4.69) is 4.98 Å². The van der Waals surface area contributed by atoms with Gasteiger partial charge in [0.15, 0.2) is 0 Å². The lowest BCUT2D eigenvalue weighted by Gasteiger charge is -1.74. The molecule has 37 valence electrons. The summed E-state index contributed by atoms with van der Waals surface area (Å²) >= 11 is 6.82. The molecule has 0 aliphatic rings. The van der Waals surface area contributed by atoms with Crippen molar-refractivity contribution in [3.63, 3.8) is 0 Å². The topological polar surface area (TPSA) is 12.9 Å². The van der Waals surface area contributed by atoms with Crippen molar-refractivity contribution < 1.29 is 0 Å². The van der Waals surface area contributed by atoms with Crippen LogP contribution in [0.25, 0.3) is 0 Å². The van der Waals surface area contributed by atoms with Crippen LogP contribution in [0.1, 0.15) is 5.01 Å². The second kappa shape index (κ2) is 2.28. The van der Waals surface area contributed by atoms with Crippen LogP contribution in [0.3, 0.4) is 0 Å². The van der Waals surface area contributed by atoms with Gasteiger partial charge in [0.05, 0.1) is 0 Å². The smallest absolute Gasteiger partial charge is 0.112 e. The van der Waals surface area contributed by atoms with Gasteiger partial charge >= 0.3 is 0 Å². The average Bonchev–Trinajstić information content (AvgIpc) is 2.14. The maximum Gasteiger partial charge on any atom is 0.112 e. The molecule has 3 heteroatoms. The molecular formula is C4H3ClNS. The van der Waals surface area contributed by atoms with E-state index in [1.54, 1.807) is 6.20 Å². The standard InChI is InChI=1S/C4H3ClNS/c5-3-4-6-1-2-7-4/h1-3H. The molecule has 0 atom stereocenters. The van der Waals surface area contributed by atoms with Crippen LogP contribution in [0.15, 0.2) is 11.6 Å². The van der Waals surface area contributed by atoms with E-state index in [4.69, 9.17) is 11.6 Å². The lowest BCUT2D eigenvalue weighted by atomic mass is 10.8. The molecule has 0 fully saturated rings. The van der Waals surface area contributed by atoms with Crippen LogP contribution in [0.4, 0.5) is 0 Å². The Bertz CT molecular complexity index is 126. The van der Waals surface area contributed by atoms with E-state index in [-0.39, 0.29) is 0 Å². The molecule has 1 rings (SSSR count). The van der Waals surface area contributed by atoms with E-state index < -0.39 is 0 Å². The number of hydrogen-bond acceptors (Lipinski definition) is 2. The van der Waals surface area contributed by atoms with Crippen LogP contribution in [-0.4, -0.2) is 4.98 Å². The number of thiazole rings is 1. The van der Waals surface area contributed by atoms with Crippen molar-refractivity contribution in [2.75, 3.05) is 0 Å². The summed E-state index contributed by atoms with van der Waals surface area (Å²) in [6.45, 7) is 0. The second-order valence-electron chi connectivity index (χ2n) is 0.979. The molecule has 1 heterocycles. The van der Waals surface area contributed by atoms with Gasteiger partial charge in [-0.15, -0.1) is 22.9 Å². The first-order chi connectivity index (χ1) is 3.43. The summed E-state index contributed by atoms with van der Waals surface area (Å²) in [5.74, 6) is 1.46. The van der Waals surface area contributed by atoms with Crippen LogP contribution < -0.4 is 0 Å². The van der Waals surface area contributed by atoms with Gasteiger partial charge in [0.25, 0.3) is 0 Å². The summed E-state index contributed by atoms with van der Waals surface area (Å²) in [7, 11) is 0. The Morgan fingerprint density at radius 3 is 3.00 bits per heavy atom. The van der Waals surface area contributed by atoms with E-state index in [9.17, 15) is 0 Å². The normalized spacial score (nSPS) is 9.29. The van der Waals surface area contributed by atoms with Crippen molar-refractivity contribution in [3.05, 3.63) is 22.5 Å². The summed E-state index contributed by atoms with van der Waals surface area (Å²) in [5, 5.41) is 2.75. The van der Waals surface area contributed by atoms with Crippen molar-refractivity contribution >= 4 is 22.9 Å². The van der Waals surface area contributed by atoms with Crippen LogP contribution >= 0.6 is 22.9 Å². The first-order valence-corrected chi connectivity index (χ1v) is 3.08. The summed E-state index contributed by atoms with van der Waals surface area (Å²) in [6.07, 6.45) is 1.72. The molecule has 0 spiro atoms. The molecule has 7 heavy (non-hydrogen) atoms. The van der Waals surface area contributed by atoms with Gasteiger partial charge in [0.1, 0.15) is 10.9 Å². The van der Waals surface area contributed by atoms with Gasteiger partial charge in [0.2, 0.25) is 0 Å². The number of rotatable bonds is 1. The van der Waals surface area contributed by atoms with Gasteiger partial charge in [-0.25, -0.2) is 4.98 Å². The third-order valence-corrected chi connectivity index (χ3v) is 1.60. The maximum absolute atomic E-state index is 5.29. The van der Waals surface area contributed by atoms with Crippen molar-refractivity contribution in [3.8, 4) is 0 Å². The maximum atomic E-state index is 5.29. The third-order valence-electron chi connectivity index (χ3n) is 0.545. The van der Waals surface area contributed by atoms with Crippen molar-refractivity contribution in [1.29, 1.82) is 0 Å². The minimum Gasteiger partial charge on any atom is -0.248 e. The Morgan fingerprint density at radius 2 is 2.71 bits per heavy atom. The molecule has 0 saturated carbocycles. The first kappa shape index (κ1) is 5.06. The Kier molecular flexibility index (Phi) is 1.65. The third kappa shape index (κ3) is 1.14. The molecule has 1 nitrogen and oxygen atoms in total. The highest BCUT2D eigenvalue weighted by Crippen LogP contribution is 2.07. The SMILES string of the molecule is Cl[CH]c1nccs1. The fourth-order valence-electron chi connectivity index (χ4n) is 0.288. The molecule has 1 aromatic heterocycles. The highest BCUT2D eigenvalue weighted by Gasteiger charge is 1.87. The second-order valence-corrected chi connectivity index (χ2v) is 2.12. The molecule has 0 aliphatic carbocycles. The van der Waals surface area contributed by atoms with Gasteiger partial charge in [-0.05, 0) is 0 Å². The Labute approximate surface area is 51.0 Å². The minimum absolute atomic E-state index is 0.863. The molecular weight excluding hydrogens is 130 g/mol. The number of aromatic nitrogens is 1. The summed E-state index contributed by atoms with van der Waals surface area (Å²) in [4.78, 5) is 3.87. The molecule has 1 aromatic rings. The van der Waals surface area contributed by atoms with Crippen LogP contribution in [0.5, 0.6) is 0 Å². The lowest BCUT2D eigenvalue weighted by molar-refractivity contribution is 1.36. The zero-order valence-corrected chi connectivity index (χ0v) is 5.04. The van der Waals surface area contributed by atoms with Gasteiger partial charge < -0.3 is 0 Å². The van der Waals surface area contributed by atoms with E-state index >= 15 is 0 Å². The highest BCUT2D eigenvalue weighted by molar-refractivity contribution is 7.10. The molecule has 0 amide bonds. The fraction of sp³-hybridized carbons (Fsp3) is 0. The van der Waals surface area contributed by atoms with E-state index in [1.165, 1.54) is 17.2 Å².